The summed E-state index contributed by atoms with van der Waals surface area (Å²) in [6.07, 6.45) is 2.00. The molecule has 2 amide bonds. The van der Waals surface area contributed by atoms with Crippen molar-refractivity contribution in [1.29, 1.82) is 5.26 Å². The van der Waals surface area contributed by atoms with Crippen LogP contribution in [0.2, 0.25) is 5.02 Å². The van der Waals surface area contributed by atoms with Crippen LogP contribution in [0.3, 0.4) is 0 Å². The number of carbonyl (C=O) groups is 2. The summed E-state index contributed by atoms with van der Waals surface area (Å²) < 4.78 is 30.1. The molecule has 1 fully saturated rings. The quantitative estimate of drug-likeness (QED) is 0.412. The van der Waals surface area contributed by atoms with Crippen molar-refractivity contribution >= 4 is 40.0 Å². The molecule has 2 heterocycles. The molecule has 180 valence electrons. The van der Waals surface area contributed by atoms with Gasteiger partial charge < -0.3 is 14.8 Å². The second kappa shape index (κ2) is 10.2. The van der Waals surface area contributed by atoms with Gasteiger partial charge in [0.2, 0.25) is 18.0 Å². The van der Waals surface area contributed by atoms with Gasteiger partial charge in [0.1, 0.15) is 24.6 Å². The Bertz CT molecular complexity index is 1360. The Balaban J connectivity index is 1.52. The van der Waals surface area contributed by atoms with Crippen LogP contribution in [0, 0.1) is 17.3 Å². The molecule has 2 atom stereocenters. The van der Waals surface area contributed by atoms with Crippen LogP contribution >= 0.6 is 11.6 Å². The average molecular weight is 498 g/mol. The molecule has 1 aliphatic heterocycles. The molecular formula is C25H22ClF2N5O2. The van der Waals surface area contributed by atoms with Crippen molar-refractivity contribution in [2.45, 2.75) is 38.6 Å². The maximum atomic E-state index is 14.3. The van der Waals surface area contributed by atoms with E-state index < -0.39 is 29.8 Å². The zero-order chi connectivity index (χ0) is 25.1. The van der Waals surface area contributed by atoms with E-state index in [0.29, 0.717) is 11.3 Å². The lowest BCUT2D eigenvalue weighted by Crippen LogP contribution is -2.46. The van der Waals surface area contributed by atoms with Crippen LogP contribution in [0.15, 0.2) is 53.7 Å². The van der Waals surface area contributed by atoms with Crippen molar-refractivity contribution in [3.8, 4) is 6.19 Å². The molecule has 1 saturated heterocycles. The number of likely N-dealkylation sites (tertiary alicyclic amines) is 1. The van der Waals surface area contributed by atoms with Crippen molar-refractivity contribution in [3.05, 3.63) is 70.6 Å². The largest absolute Gasteiger partial charge is 0.350 e. The summed E-state index contributed by atoms with van der Waals surface area (Å²) in [4.78, 5) is 31.0. The number of hydrogen-bond acceptors (Lipinski definition) is 4. The fourth-order valence-electron chi connectivity index (χ4n) is 4.33. The minimum absolute atomic E-state index is 0.0633. The molecule has 35 heavy (non-hydrogen) atoms. The molecule has 1 aromatic heterocycles. The van der Waals surface area contributed by atoms with Gasteiger partial charge in [-0.05, 0) is 19.1 Å². The Kier molecular flexibility index (Phi) is 7.12. The van der Waals surface area contributed by atoms with E-state index in [-0.39, 0.29) is 36.6 Å². The number of halogens is 3. The monoisotopic (exact) mass is 497 g/mol. The van der Waals surface area contributed by atoms with Gasteiger partial charge in [0.15, 0.2) is 0 Å². The van der Waals surface area contributed by atoms with Gasteiger partial charge in [-0.2, -0.15) is 10.3 Å². The third kappa shape index (κ3) is 5.03. The van der Waals surface area contributed by atoms with E-state index in [9.17, 15) is 18.4 Å². The lowest BCUT2D eigenvalue weighted by Gasteiger charge is -2.24. The van der Waals surface area contributed by atoms with Gasteiger partial charge in [0.05, 0.1) is 17.3 Å². The Morgan fingerprint density at radius 2 is 2.03 bits per heavy atom. The molecule has 3 aromatic rings. The highest BCUT2D eigenvalue weighted by molar-refractivity contribution is 6.30. The number of para-hydroxylation sites is 1. The molecule has 0 spiro atoms. The van der Waals surface area contributed by atoms with E-state index in [2.05, 4.69) is 10.3 Å². The van der Waals surface area contributed by atoms with Crippen LogP contribution in [-0.2, 0) is 22.7 Å². The van der Waals surface area contributed by atoms with E-state index >= 15 is 0 Å². The molecule has 2 unspecified atom stereocenters. The molecule has 1 N–H and O–H groups in total. The summed E-state index contributed by atoms with van der Waals surface area (Å²) in [5.74, 6) is -1.63. The number of hydrogen-bond donors (Lipinski definition) is 1. The average Bonchev–Trinajstić information content (AvgIpc) is 3.41. The third-order valence-corrected chi connectivity index (χ3v) is 6.35. The summed E-state index contributed by atoms with van der Waals surface area (Å²) in [5.41, 5.74) is 2.15. The predicted molar refractivity (Wildman–Crippen MR) is 128 cm³/mol. The molecular weight excluding hydrogens is 476 g/mol. The van der Waals surface area contributed by atoms with Crippen LogP contribution in [0.1, 0.15) is 24.5 Å². The van der Waals surface area contributed by atoms with Crippen LogP contribution < -0.4 is 5.32 Å². The molecule has 2 aromatic carbocycles. The van der Waals surface area contributed by atoms with Gasteiger partial charge in [-0.1, -0.05) is 41.9 Å². The zero-order valence-electron chi connectivity index (χ0n) is 18.8. The summed E-state index contributed by atoms with van der Waals surface area (Å²) >= 11 is 5.78. The molecule has 0 radical (unpaired) electrons. The molecule has 1 aliphatic rings. The first-order valence-corrected chi connectivity index (χ1v) is 11.3. The number of benzene rings is 2. The van der Waals surface area contributed by atoms with Crippen molar-refractivity contribution in [1.82, 2.24) is 14.8 Å². The van der Waals surface area contributed by atoms with Gasteiger partial charge in [-0.15, -0.1) is 0 Å². The second-order valence-electron chi connectivity index (χ2n) is 8.31. The molecule has 7 nitrogen and oxygen atoms in total. The maximum Gasteiger partial charge on any atom is 0.243 e. The number of nitrogens with one attached hydrogen (secondary N) is 1. The molecule has 4 rings (SSSR count). The standard InChI is InChI=1S/C25H22ClF2N5O2/c1-15(31-14-29)19-12-32(21-8-3-2-6-18(19)21)13-23(34)33-11-17(27)9-22(33)25(35)30-10-16-5-4-7-20(26)24(16)28/h2-8,12,17,22H,9-11,13H2,1H3,(H,30,35). The van der Waals surface area contributed by atoms with Gasteiger partial charge in [0.25, 0.3) is 0 Å². The fraction of sp³-hybridized carbons (Fsp3) is 0.280. The smallest absolute Gasteiger partial charge is 0.243 e. The van der Waals surface area contributed by atoms with Gasteiger partial charge in [-0.3, -0.25) is 9.59 Å². The number of amides is 2. The SMILES string of the molecule is CC(=NC#N)c1cn(CC(=O)N2CC(F)CC2C(=O)NCc2cccc(Cl)c2F)c2ccccc12. The number of carbonyl (C=O) groups excluding carboxylic acids is 2. The fourth-order valence-corrected chi connectivity index (χ4v) is 4.53. The first kappa shape index (κ1) is 24.4. The number of aromatic nitrogens is 1. The number of alkyl halides is 1. The number of nitrogens with zero attached hydrogens (tertiary/aromatic N) is 4. The summed E-state index contributed by atoms with van der Waals surface area (Å²) in [6, 6.07) is 10.8. The first-order valence-electron chi connectivity index (χ1n) is 11.0. The normalized spacial score (nSPS) is 18.0. The van der Waals surface area contributed by atoms with Gasteiger partial charge in [0, 0.05) is 41.2 Å². The Morgan fingerprint density at radius 3 is 2.80 bits per heavy atom. The number of rotatable bonds is 6. The van der Waals surface area contributed by atoms with Crippen molar-refractivity contribution in [2.75, 3.05) is 6.54 Å². The van der Waals surface area contributed by atoms with E-state index in [4.69, 9.17) is 16.9 Å². The Hall–Kier alpha value is -3.77. The topological polar surface area (TPSA) is 90.5 Å². The lowest BCUT2D eigenvalue weighted by molar-refractivity contribution is -0.139. The maximum absolute atomic E-state index is 14.3. The van der Waals surface area contributed by atoms with Crippen LogP contribution in [-0.4, -0.2) is 45.8 Å². The van der Waals surface area contributed by atoms with Crippen LogP contribution in [0.5, 0.6) is 0 Å². The highest BCUT2D eigenvalue weighted by Gasteiger charge is 2.39. The minimum Gasteiger partial charge on any atom is -0.350 e. The first-order chi connectivity index (χ1) is 16.8. The van der Waals surface area contributed by atoms with E-state index in [1.807, 2.05) is 24.3 Å². The predicted octanol–water partition coefficient (Wildman–Crippen LogP) is 3.98. The highest BCUT2D eigenvalue weighted by Crippen LogP contribution is 2.25. The third-order valence-electron chi connectivity index (χ3n) is 6.06. The van der Waals surface area contributed by atoms with Crippen molar-refractivity contribution in [2.24, 2.45) is 4.99 Å². The lowest BCUT2D eigenvalue weighted by atomic mass is 10.1. The summed E-state index contributed by atoms with van der Waals surface area (Å²) in [7, 11) is 0. The summed E-state index contributed by atoms with van der Waals surface area (Å²) in [6.45, 7) is 1.24. The number of aliphatic imine (C=N–C) groups is 1. The van der Waals surface area contributed by atoms with E-state index in [0.717, 1.165) is 10.9 Å². The molecule has 0 aliphatic carbocycles. The number of nitriles is 1. The van der Waals surface area contributed by atoms with Crippen LogP contribution in [0.4, 0.5) is 8.78 Å². The zero-order valence-corrected chi connectivity index (χ0v) is 19.6. The van der Waals surface area contributed by atoms with Crippen LogP contribution in [0.25, 0.3) is 10.9 Å². The second-order valence-corrected chi connectivity index (χ2v) is 8.72. The Labute approximate surface area is 205 Å². The molecule has 0 bridgehead atoms. The Morgan fingerprint density at radius 1 is 1.26 bits per heavy atom. The van der Waals surface area contributed by atoms with Gasteiger partial charge >= 0.3 is 0 Å². The van der Waals surface area contributed by atoms with Crippen molar-refractivity contribution in [3.63, 3.8) is 0 Å². The van der Waals surface area contributed by atoms with Gasteiger partial charge in [-0.25, -0.2) is 8.78 Å². The minimum atomic E-state index is -1.35. The number of fused-ring (bicyclic) bond motifs is 1. The summed E-state index contributed by atoms with van der Waals surface area (Å²) in [5, 5.41) is 12.3. The van der Waals surface area contributed by atoms with E-state index in [1.165, 1.54) is 17.0 Å². The highest BCUT2D eigenvalue weighted by atomic mass is 35.5. The van der Waals surface area contributed by atoms with E-state index in [1.54, 1.807) is 29.9 Å². The molecule has 10 heteroatoms. The van der Waals surface area contributed by atoms with Crippen molar-refractivity contribution < 1.29 is 18.4 Å². The molecule has 0 saturated carbocycles.